The monoisotopic (exact) mass is 322 g/mol. The summed E-state index contributed by atoms with van der Waals surface area (Å²) in [7, 11) is 0. The van der Waals surface area contributed by atoms with E-state index in [0.29, 0.717) is 11.0 Å². The van der Waals surface area contributed by atoms with E-state index in [4.69, 9.17) is 0 Å². The van der Waals surface area contributed by atoms with E-state index in [1.54, 1.807) is 6.20 Å². The number of fused-ring (bicyclic) bond motifs is 4. The van der Waals surface area contributed by atoms with E-state index in [1.807, 2.05) is 36.4 Å². The third kappa shape index (κ3) is 2.06. The molecule has 0 saturated heterocycles. The van der Waals surface area contributed by atoms with Gasteiger partial charge >= 0.3 is 0 Å². The van der Waals surface area contributed by atoms with E-state index < -0.39 is 0 Å². The lowest BCUT2D eigenvalue weighted by molar-refractivity contribution is 1.26. The molecule has 3 nitrogen and oxygen atoms in total. The zero-order chi connectivity index (χ0) is 16.8. The molecule has 0 saturated carbocycles. The van der Waals surface area contributed by atoms with Crippen LogP contribution in [-0.4, -0.2) is 9.97 Å². The minimum absolute atomic E-state index is 0.106. The van der Waals surface area contributed by atoms with Crippen molar-refractivity contribution in [3.63, 3.8) is 0 Å². The lowest BCUT2D eigenvalue weighted by atomic mass is 9.94. The van der Waals surface area contributed by atoms with Crippen LogP contribution in [-0.2, 0) is 0 Å². The normalized spacial score (nSPS) is 11.4. The molecule has 0 aliphatic heterocycles. The van der Waals surface area contributed by atoms with Crippen LogP contribution >= 0.6 is 0 Å². The first-order valence-corrected chi connectivity index (χ1v) is 8.21. The Kier molecular flexibility index (Phi) is 2.94. The third-order valence-corrected chi connectivity index (χ3v) is 4.70. The number of hydrogen-bond donors (Lipinski definition) is 1. The highest BCUT2D eigenvalue weighted by molar-refractivity contribution is 6.14. The number of pyridine rings is 2. The number of H-pyrrole nitrogens is 1. The fraction of sp³-hybridized carbons (Fsp3) is 0. The SMILES string of the molecule is O=c1[nH]c2nccc(-c3cccc4ccccc34)c2c2ccccc12. The predicted octanol–water partition coefficient (Wildman–Crippen LogP) is 4.90. The quantitative estimate of drug-likeness (QED) is 0.446. The summed E-state index contributed by atoms with van der Waals surface area (Å²) >= 11 is 0. The van der Waals surface area contributed by atoms with Crippen LogP contribution in [0.3, 0.4) is 0 Å². The lowest BCUT2D eigenvalue weighted by Gasteiger charge is -2.11. The van der Waals surface area contributed by atoms with Crippen LogP contribution in [0.1, 0.15) is 0 Å². The fourth-order valence-electron chi connectivity index (χ4n) is 3.59. The molecule has 0 bridgehead atoms. The highest BCUT2D eigenvalue weighted by atomic mass is 16.1. The smallest absolute Gasteiger partial charge is 0.257 e. The van der Waals surface area contributed by atoms with Gasteiger partial charge in [0.25, 0.3) is 5.56 Å². The Morgan fingerprint density at radius 3 is 2.28 bits per heavy atom. The number of nitrogens with one attached hydrogen (secondary N) is 1. The van der Waals surface area contributed by atoms with Gasteiger partial charge in [0, 0.05) is 17.0 Å². The molecule has 5 aromatic rings. The second kappa shape index (κ2) is 5.28. The molecule has 0 spiro atoms. The van der Waals surface area contributed by atoms with Crippen molar-refractivity contribution < 1.29 is 0 Å². The molecular formula is C22H14N2O. The number of aromatic nitrogens is 2. The summed E-state index contributed by atoms with van der Waals surface area (Å²) in [6, 6.07) is 24.4. The summed E-state index contributed by atoms with van der Waals surface area (Å²) in [6.07, 6.45) is 1.75. The highest BCUT2D eigenvalue weighted by Crippen LogP contribution is 2.35. The van der Waals surface area contributed by atoms with Crippen molar-refractivity contribution in [2.24, 2.45) is 0 Å². The van der Waals surface area contributed by atoms with E-state index in [2.05, 4.69) is 46.4 Å². The molecule has 1 N–H and O–H groups in total. The Hall–Kier alpha value is -3.46. The Labute approximate surface area is 143 Å². The third-order valence-electron chi connectivity index (χ3n) is 4.70. The maximum atomic E-state index is 12.4. The predicted molar refractivity (Wildman–Crippen MR) is 103 cm³/mol. The maximum Gasteiger partial charge on any atom is 0.257 e. The Morgan fingerprint density at radius 1 is 0.680 bits per heavy atom. The summed E-state index contributed by atoms with van der Waals surface area (Å²) in [6.45, 7) is 0. The van der Waals surface area contributed by atoms with E-state index in [9.17, 15) is 4.79 Å². The molecule has 0 radical (unpaired) electrons. The summed E-state index contributed by atoms with van der Waals surface area (Å²) < 4.78 is 0. The van der Waals surface area contributed by atoms with E-state index in [-0.39, 0.29) is 5.56 Å². The minimum atomic E-state index is -0.106. The zero-order valence-electron chi connectivity index (χ0n) is 13.4. The van der Waals surface area contributed by atoms with E-state index >= 15 is 0 Å². The van der Waals surface area contributed by atoms with Gasteiger partial charge in [0.05, 0.1) is 0 Å². The van der Waals surface area contributed by atoms with Crippen LogP contribution < -0.4 is 5.56 Å². The molecule has 0 fully saturated rings. The molecule has 2 heterocycles. The molecule has 3 aromatic carbocycles. The van der Waals surface area contributed by atoms with Crippen molar-refractivity contribution in [1.82, 2.24) is 9.97 Å². The second-order valence-electron chi connectivity index (χ2n) is 6.11. The Morgan fingerprint density at radius 2 is 1.40 bits per heavy atom. The summed E-state index contributed by atoms with van der Waals surface area (Å²) in [5.41, 5.74) is 2.73. The molecule has 0 aliphatic rings. The molecule has 2 aromatic heterocycles. The maximum absolute atomic E-state index is 12.4. The number of hydrogen-bond acceptors (Lipinski definition) is 2. The molecule has 0 amide bonds. The second-order valence-corrected chi connectivity index (χ2v) is 6.11. The number of aromatic amines is 1. The van der Waals surface area contributed by atoms with Gasteiger partial charge in [0.1, 0.15) is 5.65 Å². The topological polar surface area (TPSA) is 45.8 Å². The average Bonchev–Trinajstić information content (AvgIpc) is 2.67. The van der Waals surface area contributed by atoms with E-state index in [0.717, 1.165) is 21.9 Å². The molecule has 3 heteroatoms. The van der Waals surface area contributed by atoms with Crippen molar-refractivity contribution in [3.8, 4) is 11.1 Å². The summed E-state index contributed by atoms with van der Waals surface area (Å²) in [5.74, 6) is 0. The Bertz CT molecular complexity index is 1310. The van der Waals surface area contributed by atoms with E-state index in [1.165, 1.54) is 10.8 Å². The van der Waals surface area contributed by atoms with Gasteiger partial charge in [-0.3, -0.25) is 4.79 Å². The first-order valence-electron chi connectivity index (χ1n) is 8.21. The van der Waals surface area contributed by atoms with Crippen LogP contribution in [0, 0.1) is 0 Å². The van der Waals surface area contributed by atoms with Crippen molar-refractivity contribution in [2.45, 2.75) is 0 Å². The molecular weight excluding hydrogens is 308 g/mol. The van der Waals surface area contributed by atoms with Gasteiger partial charge in [-0.05, 0) is 39.4 Å². The molecule has 25 heavy (non-hydrogen) atoms. The highest BCUT2D eigenvalue weighted by Gasteiger charge is 2.12. The fourth-order valence-corrected chi connectivity index (χ4v) is 3.59. The first-order chi connectivity index (χ1) is 12.3. The van der Waals surface area contributed by atoms with Gasteiger partial charge in [0.15, 0.2) is 0 Å². The zero-order valence-corrected chi connectivity index (χ0v) is 13.4. The number of benzene rings is 3. The van der Waals surface area contributed by atoms with Gasteiger partial charge in [-0.2, -0.15) is 0 Å². The van der Waals surface area contributed by atoms with Crippen molar-refractivity contribution in [1.29, 1.82) is 0 Å². The van der Waals surface area contributed by atoms with Gasteiger partial charge < -0.3 is 4.98 Å². The lowest BCUT2D eigenvalue weighted by Crippen LogP contribution is -2.07. The van der Waals surface area contributed by atoms with Crippen LogP contribution in [0.25, 0.3) is 43.7 Å². The van der Waals surface area contributed by atoms with Crippen LogP contribution in [0.4, 0.5) is 0 Å². The average molecular weight is 322 g/mol. The van der Waals surface area contributed by atoms with Crippen LogP contribution in [0.15, 0.2) is 83.8 Å². The van der Waals surface area contributed by atoms with Gasteiger partial charge in [-0.15, -0.1) is 0 Å². The number of nitrogens with zero attached hydrogens (tertiary/aromatic N) is 1. The molecule has 5 rings (SSSR count). The van der Waals surface area contributed by atoms with Gasteiger partial charge in [0.2, 0.25) is 0 Å². The minimum Gasteiger partial charge on any atom is -0.306 e. The van der Waals surface area contributed by atoms with Gasteiger partial charge in [-0.25, -0.2) is 4.98 Å². The molecule has 118 valence electrons. The number of rotatable bonds is 1. The standard InChI is InChI=1S/C22H14N2O/c25-22-19-10-4-3-9-17(19)20-18(12-13-23-21(20)24-22)16-11-5-7-14-6-1-2-8-15(14)16/h1-13H,(H,23,24,25). The first kappa shape index (κ1) is 13.9. The molecule has 0 unspecified atom stereocenters. The van der Waals surface area contributed by atoms with Crippen LogP contribution in [0.5, 0.6) is 0 Å². The molecule has 0 aliphatic carbocycles. The van der Waals surface area contributed by atoms with Crippen molar-refractivity contribution >= 4 is 32.6 Å². The Balaban J connectivity index is 2.01. The van der Waals surface area contributed by atoms with Crippen molar-refractivity contribution in [3.05, 3.63) is 89.3 Å². The molecule has 0 atom stereocenters. The van der Waals surface area contributed by atoms with Crippen LogP contribution in [0.2, 0.25) is 0 Å². The van der Waals surface area contributed by atoms with Gasteiger partial charge in [-0.1, -0.05) is 60.7 Å². The summed E-state index contributed by atoms with van der Waals surface area (Å²) in [4.78, 5) is 19.7. The summed E-state index contributed by atoms with van der Waals surface area (Å²) in [5, 5.41) is 4.97. The van der Waals surface area contributed by atoms with Crippen molar-refractivity contribution in [2.75, 3.05) is 0 Å². The largest absolute Gasteiger partial charge is 0.306 e.